The molecule has 1 saturated carbocycles. The van der Waals surface area contributed by atoms with Gasteiger partial charge in [-0.3, -0.25) is 0 Å². The summed E-state index contributed by atoms with van der Waals surface area (Å²) in [4.78, 5) is 0.128. The molecule has 0 spiro atoms. The first-order valence-corrected chi connectivity index (χ1v) is 8.08. The highest BCUT2D eigenvalue weighted by atomic mass is 35.5. The van der Waals surface area contributed by atoms with E-state index in [1.165, 1.54) is 6.07 Å². The van der Waals surface area contributed by atoms with E-state index in [4.69, 9.17) is 16.3 Å². The van der Waals surface area contributed by atoms with E-state index < -0.39 is 10.0 Å². The molecule has 1 aliphatic rings. The molecule has 0 radical (unpaired) electrons. The molecule has 1 fully saturated rings. The van der Waals surface area contributed by atoms with Gasteiger partial charge in [0.15, 0.2) is 0 Å². The topological polar surface area (TPSA) is 55.4 Å². The van der Waals surface area contributed by atoms with Gasteiger partial charge in [-0.2, -0.15) is 0 Å². The maximum Gasteiger partial charge on any atom is 0.242 e. The van der Waals surface area contributed by atoms with Crippen LogP contribution in [0.4, 0.5) is 0 Å². The summed E-state index contributed by atoms with van der Waals surface area (Å²) in [6.07, 6.45) is 3.11. The number of sulfonamides is 1. The minimum Gasteiger partial charge on any atom is -0.384 e. The first kappa shape index (κ1) is 14.8. The van der Waals surface area contributed by atoms with Crippen molar-refractivity contribution in [3.8, 4) is 0 Å². The Morgan fingerprint density at radius 1 is 1.37 bits per heavy atom. The molecular formula is C13H18ClNO3S. The summed E-state index contributed by atoms with van der Waals surface area (Å²) < 4.78 is 32.2. The second-order valence-electron chi connectivity index (χ2n) is 5.04. The third-order valence-electron chi connectivity index (χ3n) is 3.63. The molecule has 0 saturated heterocycles. The number of ether oxygens (including phenoxy) is 1. The SMILES string of the molecule is COCC1(CNS(=O)(=O)c2ccccc2Cl)CCC1. The van der Waals surface area contributed by atoms with Crippen LogP contribution in [0.5, 0.6) is 0 Å². The number of methoxy groups -OCH3 is 1. The zero-order valence-electron chi connectivity index (χ0n) is 10.9. The lowest BCUT2D eigenvalue weighted by atomic mass is 9.69. The molecule has 0 aliphatic heterocycles. The van der Waals surface area contributed by atoms with E-state index in [9.17, 15) is 8.42 Å². The van der Waals surface area contributed by atoms with Gasteiger partial charge < -0.3 is 4.74 Å². The maximum absolute atomic E-state index is 12.2. The van der Waals surface area contributed by atoms with Crippen LogP contribution < -0.4 is 4.72 Å². The van der Waals surface area contributed by atoms with Crippen molar-refractivity contribution in [2.45, 2.75) is 24.2 Å². The van der Waals surface area contributed by atoms with Crippen molar-refractivity contribution < 1.29 is 13.2 Å². The number of hydrogen-bond donors (Lipinski definition) is 1. The fourth-order valence-electron chi connectivity index (χ4n) is 2.34. The largest absolute Gasteiger partial charge is 0.384 e. The highest BCUT2D eigenvalue weighted by Gasteiger charge is 2.38. The Morgan fingerprint density at radius 3 is 2.58 bits per heavy atom. The van der Waals surface area contributed by atoms with Crippen molar-refractivity contribution in [1.29, 1.82) is 0 Å². The van der Waals surface area contributed by atoms with Crippen LogP contribution in [0.1, 0.15) is 19.3 Å². The lowest BCUT2D eigenvalue weighted by Gasteiger charge is -2.41. The van der Waals surface area contributed by atoms with Crippen LogP contribution >= 0.6 is 11.6 Å². The van der Waals surface area contributed by atoms with Crippen molar-refractivity contribution in [3.05, 3.63) is 29.3 Å². The van der Waals surface area contributed by atoms with Gasteiger partial charge in [0, 0.05) is 19.1 Å². The molecule has 0 unspecified atom stereocenters. The standard InChI is InChI=1S/C13H18ClNO3S/c1-18-10-13(7-4-8-13)9-15-19(16,17)12-6-3-2-5-11(12)14/h2-3,5-6,15H,4,7-10H2,1H3. The molecule has 106 valence electrons. The van der Waals surface area contributed by atoms with Crippen LogP contribution in [0.15, 0.2) is 29.2 Å². The van der Waals surface area contributed by atoms with Crippen molar-refractivity contribution in [2.75, 3.05) is 20.3 Å². The first-order chi connectivity index (χ1) is 8.99. The Hall–Kier alpha value is -0.620. The van der Waals surface area contributed by atoms with Crippen LogP contribution in [0.25, 0.3) is 0 Å². The molecule has 0 bridgehead atoms. The average Bonchev–Trinajstić information content (AvgIpc) is 2.33. The van der Waals surface area contributed by atoms with Crippen molar-refractivity contribution >= 4 is 21.6 Å². The Kier molecular flexibility index (Phi) is 4.50. The quantitative estimate of drug-likeness (QED) is 0.878. The molecule has 19 heavy (non-hydrogen) atoms. The summed E-state index contributed by atoms with van der Waals surface area (Å²) in [6.45, 7) is 0.979. The van der Waals surface area contributed by atoms with Gasteiger partial charge in [-0.25, -0.2) is 13.1 Å². The van der Waals surface area contributed by atoms with Crippen LogP contribution in [-0.4, -0.2) is 28.7 Å². The van der Waals surface area contributed by atoms with E-state index in [2.05, 4.69) is 4.72 Å². The molecule has 1 aromatic carbocycles. The number of rotatable bonds is 6. The Bertz CT molecular complexity index is 541. The second kappa shape index (κ2) is 5.79. The molecule has 2 rings (SSSR count). The summed E-state index contributed by atoms with van der Waals surface area (Å²) in [5.74, 6) is 0. The molecule has 0 amide bonds. The zero-order valence-corrected chi connectivity index (χ0v) is 12.4. The predicted octanol–water partition coefficient (Wildman–Crippen LogP) is 2.44. The van der Waals surface area contributed by atoms with E-state index in [1.54, 1.807) is 25.3 Å². The third-order valence-corrected chi connectivity index (χ3v) is 5.53. The predicted molar refractivity (Wildman–Crippen MR) is 74.8 cm³/mol. The van der Waals surface area contributed by atoms with E-state index in [1.807, 2.05) is 0 Å². The van der Waals surface area contributed by atoms with Crippen molar-refractivity contribution in [3.63, 3.8) is 0 Å². The zero-order chi connectivity index (χ0) is 13.9. The smallest absolute Gasteiger partial charge is 0.242 e. The lowest BCUT2D eigenvalue weighted by Crippen LogP contribution is -2.45. The van der Waals surface area contributed by atoms with Crippen LogP contribution in [0.3, 0.4) is 0 Å². The Balaban J connectivity index is 2.08. The summed E-state index contributed by atoms with van der Waals surface area (Å²) in [5, 5.41) is 0.240. The summed E-state index contributed by atoms with van der Waals surface area (Å²) in [7, 11) is -1.91. The minimum atomic E-state index is -3.56. The first-order valence-electron chi connectivity index (χ1n) is 6.22. The van der Waals surface area contributed by atoms with Gasteiger partial charge in [0.1, 0.15) is 4.90 Å². The van der Waals surface area contributed by atoms with Gasteiger partial charge >= 0.3 is 0 Å². The average molecular weight is 304 g/mol. The molecule has 0 heterocycles. The summed E-state index contributed by atoms with van der Waals surface area (Å²) in [5.41, 5.74) is -0.0525. The van der Waals surface area contributed by atoms with Gasteiger partial charge in [0.2, 0.25) is 10.0 Å². The van der Waals surface area contributed by atoms with E-state index in [0.29, 0.717) is 13.2 Å². The molecule has 1 aliphatic carbocycles. The molecule has 0 atom stereocenters. The van der Waals surface area contributed by atoms with Gasteiger partial charge in [0.25, 0.3) is 0 Å². The molecule has 1 aromatic rings. The van der Waals surface area contributed by atoms with Crippen LogP contribution in [0.2, 0.25) is 5.02 Å². The van der Waals surface area contributed by atoms with Gasteiger partial charge in [-0.05, 0) is 25.0 Å². The molecule has 6 heteroatoms. The van der Waals surface area contributed by atoms with E-state index >= 15 is 0 Å². The Morgan fingerprint density at radius 2 is 2.05 bits per heavy atom. The highest BCUT2D eigenvalue weighted by molar-refractivity contribution is 7.89. The fourth-order valence-corrected chi connectivity index (χ4v) is 4.02. The van der Waals surface area contributed by atoms with Gasteiger partial charge in [-0.1, -0.05) is 30.2 Å². The number of nitrogens with one attached hydrogen (secondary N) is 1. The van der Waals surface area contributed by atoms with E-state index in [-0.39, 0.29) is 15.3 Å². The Labute approximate surface area is 119 Å². The van der Waals surface area contributed by atoms with E-state index in [0.717, 1.165) is 19.3 Å². The minimum absolute atomic E-state index is 0.0525. The fraction of sp³-hybridized carbons (Fsp3) is 0.538. The second-order valence-corrected chi connectivity index (χ2v) is 7.18. The van der Waals surface area contributed by atoms with Crippen molar-refractivity contribution in [1.82, 2.24) is 4.72 Å². The van der Waals surface area contributed by atoms with Crippen molar-refractivity contribution in [2.24, 2.45) is 5.41 Å². The summed E-state index contributed by atoms with van der Waals surface area (Å²) in [6, 6.07) is 6.45. The molecule has 0 aromatic heterocycles. The molecular weight excluding hydrogens is 286 g/mol. The highest BCUT2D eigenvalue weighted by Crippen LogP contribution is 2.40. The molecule has 1 N–H and O–H groups in total. The maximum atomic E-state index is 12.2. The summed E-state index contributed by atoms with van der Waals surface area (Å²) >= 11 is 5.92. The number of benzene rings is 1. The monoisotopic (exact) mass is 303 g/mol. The van der Waals surface area contributed by atoms with Crippen LogP contribution in [-0.2, 0) is 14.8 Å². The molecule has 4 nitrogen and oxygen atoms in total. The van der Waals surface area contributed by atoms with Crippen LogP contribution in [0, 0.1) is 5.41 Å². The van der Waals surface area contributed by atoms with Gasteiger partial charge in [-0.15, -0.1) is 0 Å². The van der Waals surface area contributed by atoms with Gasteiger partial charge in [0.05, 0.1) is 11.6 Å². The number of hydrogen-bond acceptors (Lipinski definition) is 3. The third kappa shape index (κ3) is 3.28. The number of halogens is 1. The normalized spacial score (nSPS) is 18.0. The lowest BCUT2D eigenvalue weighted by molar-refractivity contribution is 0.0220.